The number of aromatic nitrogens is 4. The van der Waals surface area contributed by atoms with Crippen LogP contribution in [0.5, 0.6) is 0 Å². The molecule has 1 aromatic carbocycles. The standard InChI is InChI=1S/C20H29FN6O2/c1-13(2)9-17(20(28)29)16(19-23-25-26-24-19)10-14-3-4-15(18(21)11-14)12-27-7-5-22-6-8-27/h3-4,11,13,16-17,22H,5-10,12H2,1-2H3,(H,28,29)(H,23,24,25,26). The molecule has 0 aliphatic carbocycles. The number of carboxylic acid groups (broad SMARTS) is 1. The minimum Gasteiger partial charge on any atom is -0.481 e. The van der Waals surface area contributed by atoms with Crippen LogP contribution in [0.4, 0.5) is 4.39 Å². The zero-order chi connectivity index (χ0) is 20.8. The highest BCUT2D eigenvalue weighted by molar-refractivity contribution is 5.71. The first kappa shape index (κ1) is 21.3. The molecule has 2 aromatic rings. The Morgan fingerprint density at radius 1 is 1.31 bits per heavy atom. The number of H-pyrrole nitrogens is 1. The van der Waals surface area contributed by atoms with Crippen LogP contribution in [0.15, 0.2) is 18.2 Å². The second kappa shape index (κ2) is 9.89. The van der Waals surface area contributed by atoms with Gasteiger partial charge in [-0.05, 0) is 30.4 Å². The smallest absolute Gasteiger partial charge is 0.307 e. The molecule has 0 spiro atoms. The van der Waals surface area contributed by atoms with Crippen molar-refractivity contribution in [2.75, 3.05) is 26.2 Å². The molecule has 1 aromatic heterocycles. The normalized spacial score (nSPS) is 17.4. The summed E-state index contributed by atoms with van der Waals surface area (Å²) in [6, 6.07) is 5.19. The molecular formula is C20H29FN6O2. The van der Waals surface area contributed by atoms with Gasteiger partial charge in [0.2, 0.25) is 0 Å². The molecule has 0 amide bonds. The topological polar surface area (TPSA) is 107 Å². The Balaban J connectivity index is 1.78. The fraction of sp³-hybridized carbons (Fsp3) is 0.600. The summed E-state index contributed by atoms with van der Waals surface area (Å²) < 4.78 is 14.8. The predicted molar refractivity (Wildman–Crippen MR) is 106 cm³/mol. The predicted octanol–water partition coefficient (Wildman–Crippen LogP) is 1.82. The first-order chi connectivity index (χ1) is 13.9. The molecule has 0 bridgehead atoms. The Hall–Kier alpha value is -2.39. The second-order valence-electron chi connectivity index (χ2n) is 8.11. The van der Waals surface area contributed by atoms with Crippen molar-refractivity contribution in [1.82, 2.24) is 30.8 Å². The van der Waals surface area contributed by atoms with Gasteiger partial charge in [-0.3, -0.25) is 9.69 Å². The minimum atomic E-state index is -0.899. The Labute approximate surface area is 169 Å². The highest BCUT2D eigenvalue weighted by Crippen LogP contribution is 2.31. The van der Waals surface area contributed by atoms with Crippen molar-refractivity contribution in [1.29, 1.82) is 0 Å². The van der Waals surface area contributed by atoms with Gasteiger partial charge >= 0.3 is 5.97 Å². The molecule has 0 radical (unpaired) electrons. The molecule has 29 heavy (non-hydrogen) atoms. The van der Waals surface area contributed by atoms with Gasteiger partial charge < -0.3 is 10.4 Å². The van der Waals surface area contributed by atoms with Crippen LogP contribution < -0.4 is 5.32 Å². The van der Waals surface area contributed by atoms with Gasteiger partial charge in [0.25, 0.3) is 0 Å². The van der Waals surface area contributed by atoms with Gasteiger partial charge in [-0.15, -0.1) is 10.2 Å². The minimum absolute atomic E-state index is 0.198. The van der Waals surface area contributed by atoms with Gasteiger partial charge in [-0.2, -0.15) is 5.21 Å². The van der Waals surface area contributed by atoms with Gasteiger partial charge in [-0.25, -0.2) is 4.39 Å². The Bertz CT molecular complexity index is 792. The lowest BCUT2D eigenvalue weighted by molar-refractivity contribution is -0.143. The maximum atomic E-state index is 14.8. The molecular weight excluding hydrogens is 375 g/mol. The van der Waals surface area contributed by atoms with Crippen LogP contribution in [-0.2, 0) is 17.8 Å². The number of tetrazole rings is 1. The van der Waals surface area contributed by atoms with Crippen molar-refractivity contribution in [2.45, 2.75) is 39.2 Å². The van der Waals surface area contributed by atoms with Crippen LogP contribution in [0.3, 0.4) is 0 Å². The largest absolute Gasteiger partial charge is 0.481 e. The van der Waals surface area contributed by atoms with Crippen molar-refractivity contribution in [3.8, 4) is 0 Å². The average Bonchev–Trinajstić information content (AvgIpc) is 3.21. The van der Waals surface area contributed by atoms with E-state index in [4.69, 9.17) is 0 Å². The molecule has 3 rings (SSSR count). The molecule has 1 aliphatic heterocycles. The molecule has 2 heterocycles. The summed E-state index contributed by atoms with van der Waals surface area (Å²) in [4.78, 5) is 14.2. The maximum absolute atomic E-state index is 14.8. The number of nitrogens with one attached hydrogen (secondary N) is 2. The number of carbonyl (C=O) groups is 1. The lowest BCUT2D eigenvalue weighted by Crippen LogP contribution is -2.43. The van der Waals surface area contributed by atoms with E-state index in [9.17, 15) is 14.3 Å². The third-order valence-corrected chi connectivity index (χ3v) is 5.40. The quantitative estimate of drug-likeness (QED) is 0.585. The SMILES string of the molecule is CC(C)CC(C(=O)O)C(Cc1ccc(CN2CCNCC2)c(F)c1)c1nn[nH]n1. The summed E-state index contributed by atoms with van der Waals surface area (Å²) in [6.45, 7) is 8.17. The Kier molecular flexibility index (Phi) is 7.27. The number of piperazine rings is 1. The number of rotatable bonds is 9. The number of aliphatic carboxylic acids is 1. The second-order valence-corrected chi connectivity index (χ2v) is 8.11. The number of halogens is 1. The molecule has 158 valence electrons. The molecule has 1 aliphatic rings. The first-order valence-electron chi connectivity index (χ1n) is 10.1. The number of benzene rings is 1. The maximum Gasteiger partial charge on any atom is 0.307 e. The molecule has 8 nitrogen and oxygen atoms in total. The first-order valence-corrected chi connectivity index (χ1v) is 10.1. The van der Waals surface area contributed by atoms with Crippen LogP contribution in [0.1, 0.15) is 43.1 Å². The summed E-state index contributed by atoms with van der Waals surface area (Å²) in [7, 11) is 0. The Morgan fingerprint density at radius 2 is 2.07 bits per heavy atom. The van der Waals surface area contributed by atoms with E-state index in [0.29, 0.717) is 30.8 Å². The van der Waals surface area contributed by atoms with Crippen molar-refractivity contribution in [3.63, 3.8) is 0 Å². The summed E-state index contributed by atoms with van der Waals surface area (Å²) >= 11 is 0. The number of carboxylic acids is 1. The van der Waals surface area contributed by atoms with Crippen LogP contribution in [0, 0.1) is 17.7 Å². The van der Waals surface area contributed by atoms with E-state index in [1.165, 1.54) is 6.07 Å². The lowest BCUT2D eigenvalue weighted by atomic mass is 9.81. The summed E-state index contributed by atoms with van der Waals surface area (Å²) in [5.41, 5.74) is 1.39. The van der Waals surface area contributed by atoms with E-state index < -0.39 is 17.8 Å². The number of hydrogen-bond acceptors (Lipinski definition) is 6. The molecule has 1 saturated heterocycles. The van der Waals surface area contributed by atoms with E-state index in [0.717, 1.165) is 31.7 Å². The fourth-order valence-corrected chi connectivity index (χ4v) is 3.90. The van der Waals surface area contributed by atoms with Gasteiger partial charge in [0.05, 0.1) is 5.92 Å². The summed E-state index contributed by atoms with van der Waals surface area (Å²) in [5.74, 6) is -1.76. The zero-order valence-corrected chi connectivity index (χ0v) is 16.9. The van der Waals surface area contributed by atoms with Crippen molar-refractivity contribution >= 4 is 5.97 Å². The molecule has 9 heteroatoms. The van der Waals surface area contributed by atoms with E-state index in [1.54, 1.807) is 6.07 Å². The molecule has 1 fully saturated rings. The van der Waals surface area contributed by atoms with Gasteiger partial charge in [0, 0.05) is 44.2 Å². The number of nitrogens with zero attached hydrogens (tertiary/aromatic N) is 4. The summed E-state index contributed by atoms with van der Waals surface area (Å²) in [5, 5.41) is 27.1. The van der Waals surface area contributed by atoms with Gasteiger partial charge in [-0.1, -0.05) is 31.2 Å². The van der Waals surface area contributed by atoms with Crippen molar-refractivity contribution in [3.05, 3.63) is 41.0 Å². The zero-order valence-electron chi connectivity index (χ0n) is 16.9. The molecule has 2 atom stereocenters. The summed E-state index contributed by atoms with van der Waals surface area (Å²) in [6.07, 6.45) is 0.826. The van der Waals surface area contributed by atoms with Crippen LogP contribution in [-0.4, -0.2) is 62.8 Å². The number of aromatic amines is 1. The highest BCUT2D eigenvalue weighted by Gasteiger charge is 2.33. The lowest BCUT2D eigenvalue weighted by Gasteiger charge is -2.27. The van der Waals surface area contributed by atoms with E-state index >= 15 is 0 Å². The van der Waals surface area contributed by atoms with Gasteiger partial charge in [0.1, 0.15) is 5.82 Å². The van der Waals surface area contributed by atoms with Crippen LogP contribution >= 0.6 is 0 Å². The molecule has 3 N–H and O–H groups in total. The van der Waals surface area contributed by atoms with Gasteiger partial charge in [0.15, 0.2) is 5.82 Å². The van der Waals surface area contributed by atoms with E-state index in [-0.39, 0.29) is 11.7 Å². The number of hydrogen-bond donors (Lipinski definition) is 3. The van der Waals surface area contributed by atoms with Crippen molar-refractivity contribution in [2.24, 2.45) is 11.8 Å². The van der Waals surface area contributed by atoms with Crippen molar-refractivity contribution < 1.29 is 14.3 Å². The van der Waals surface area contributed by atoms with Crippen LogP contribution in [0.25, 0.3) is 0 Å². The monoisotopic (exact) mass is 404 g/mol. The highest BCUT2D eigenvalue weighted by atomic mass is 19.1. The third kappa shape index (κ3) is 5.80. The van der Waals surface area contributed by atoms with E-state index in [2.05, 4.69) is 30.8 Å². The Morgan fingerprint density at radius 3 is 2.66 bits per heavy atom. The van der Waals surface area contributed by atoms with Crippen LogP contribution in [0.2, 0.25) is 0 Å². The fourth-order valence-electron chi connectivity index (χ4n) is 3.90. The van der Waals surface area contributed by atoms with E-state index in [1.807, 2.05) is 19.9 Å². The average molecular weight is 404 g/mol. The molecule has 2 unspecified atom stereocenters. The third-order valence-electron chi connectivity index (χ3n) is 5.40. The molecule has 0 saturated carbocycles.